The predicted molar refractivity (Wildman–Crippen MR) is 106 cm³/mol. The summed E-state index contributed by atoms with van der Waals surface area (Å²) in [7, 11) is -0.120. The number of ether oxygens (including phenoxy) is 1. The summed E-state index contributed by atoms with van der Waals surface area (Å²) in [6.07, 6.45) is 0.830. The second-order valence-corrected chi connectivity index (χ2v) is 7.93. The highest BCUT2D eigenvalue weighted by molar-refractivity contribution is 7.50. The Morgan fingerprint density at radius 2 is 1.60 bits per heavy atom. The first-order valence-corrected chi connectivity index (χ1v) is 9.72. The summed E-state index contributed by atoms with van der Waals surface area (Å²) < 4.78 is 7.90. The molecule has 1 heterocycles. The third kappa shape index (κ3) is 2.81. The van der Waals surface area contributed by atoms with Gasteiger partial charge in [0.1, 0.15) is 0 Å². The Kier molecular flexibility index (Phi) is 4.24. The summed E-state index contributed by atoms with van der Waals surface area (Å²) in [6.45, 7) is 2.46. The van der Waals surface area contributed by atoms with Gasteiger partial charge in [-0.15, -0.1) is 0 Å². The molecule has 3 heteroatoms. The summed E-state index contributed by atoms with van der Waals surface area (Å²) in [6, 6.07) is 25.0. The molecule has 0 radical (unpaired) electrons. The maximum Gasteiger partial charge on any atom is 0.338 e. The number of rotatable bonds is 4. The SMILES string of the molecule is CCCOC(=O)c1ccc2c(c1)c1ccccc1[s+]2-c1ccccc1. The van der Waals surface area contributed by atoms with Crippen LogP contribution in [0.1, 0.15) is 23.7 Å². The lowest BCUT2D eigenvalue weighted by Crippen LogP contribution is -2.05. The smallest absolute Gasteiger partial charge is 0.338 e. The van der Waals surface area contributed by atoms with Crippen molar-refractivity contribution in [3.8, 4) is 4.90 Å². The molecule has 0 aliphatic rings. The van der Waals surface area contributed by atoms with E-state index in [2.05, 4.69) is 54.6 Å². The van der Waals surface area contributed by atoms with Crippen molar-refractivity contribution >= 4 is 36.6 Å². The van der Waals surface area contributed by atoms with Gasteiger partial charge < -0.3 is 4.74 Å². The molecule has 0 N–H and O–H groups in total. The largest absolute Gasteiger partial charge is 0.462 e. The van der Waals surface area contributed by atoms with Gasteiger partial charge in [0, 0.05) is 21.2 Å². The first-order valence-electron chi connectivity index (χ1n) is 8.49. The standard InChI is InChI=1S/C22H19O2S/c1-2-14-24-22(23)16-12-13-21-19(15-16)18-10-6-7-11-20(18)25(21)17-8-4-3-5-9-17/h3-13,15H,2,14H2,1H3/q+1. The fraction of sp³-hybridized carbons (Fsp3) is 0.136. The quantitative estimate of drug-likeness (QED) is 0.320. The van der Waals surface area contributed by atoms with E-state index in [-0.39, 0.29) is 16.4 Å². The van der Waals surface area contributed by atoms with Crippen molar-refractivity contribution in [2.75, 3.05) is 6.61 Å². The van der Waals surface area contributed by atoms with E-state index in [0.29, 0.717) is 12.2 Å². The second kappa shape index (κ2) is 6.69. The number of hydrogen-bond donors (Lipinski definition) is 0. The molecule has 0 saturated carbocycles. The second-order valence-electron chi connectivity index (χ2n) is 5.96. The van der Waals surface area contributed by atoms with Gasteiger partial charge in [0.2, 0.25) is 0 Å². The van der Waals surface area contributed by atoms with Crippen molar-refractivity contribution in [1.29, 1.82) is 0 Å². The van der Waals surface area contributed by atoms with Gasteiger partial charge >= 0.3 is 5.97 Å². The van der Waals surface area contributed by atoms with Gasteiger partial charge in [-0.25, -0.2) is 4.79 Å². The molecule has 1 aromatic heterocycles. The zero-order valence-corrected chi connectivity index (χ0v) is 14.9. The number of esters is 1. The first kappa shape index (κ1) is 15.9. The Balaban J connectivity index is 1.95. The highest BCUT2D eigenvalue weighted by Crippen LogP contribution is 2.48. The lowest BCUT2D eigenvalue weighted by atomic mass is 10.1. The molecule has 0 fully saturated rings. The van der Waals surface area contributed by atoms with Crippen LogP contribution in [0.4, 0.5) is 0 Å². The molecule has 0 spiro atoms. The molecule has 2 nitrogen and oxygen atoms in total. The van der Waals surface area contributed by atoms with E-state index in [1.54, 1.807) is 0 Å². The van der Waals surface area contributed by atoms with Gasteiger partial charge in [-0.2, -0.15) is 0 Å². The van der Waals surface area contributed by atoms with E-state index < -0.39 is 0 Å². The summed E-state index contributed by atoms with van der Waals surface area (Å²) in [5.74, 6) is -0.242. The van der Waals surface area contributed by atoms with Crippen molar-refractivity contribution in [2.45, 2.75) is 13.3 Å². The molecule has 3 aromatic carbocycles. The Morgan fingerprint density at radius 3 is 2.40 bits per heavy atom. The van der Waals surface area contributed by atoms with E-state index in [9.17, 15) is 4.79 Å². The van der Waals surface area contributed by atoms with Crippen LogP contribution in [0.5, 0.6) is 0 Å². The average Bonchev–Trinajstić information content (AvgIpc) is 3.00. The van der Waals surface area contributed by atoms with Crippen LogP contribution in [0.3, 0.4) is 0 Å². The molecule has 4 rings (SSSR count). The number of fused-ring (bicyclic) bond motifs is 3. The zero-order chi connectivity index (χ0) is 17.2. The summed E-state index contributed by atoms with van der Waals surface area (Å²) in [4.78, 5) is 13.5. The number of carbonyl (C=O) groups is 1. The minimum absolute atomic E-state index is 0.120. The summed E-state index contributed by atoms with van der Waals surface area (Å²) >= 11 is 0. The van der Waals surface area contributed by atoms with E-state index in [0.717, 1.165) is 11.8 Å². The molecule has 0 aliphatic heterocycles. The van der Waals surface area contributed by atoms with Crippen LogP contribution in [-0.4, -0.2) is 12.6 Å². The van der Waals surface area contributed by atoms with Crippen LogP contribution in [0.25, 0.3) is 25.1 Å². The Morgan fingerprint density at radius 1 is 0.880 bits per heavy atom. The average molecular weight is 347 g/mol. The fourth-order valence-corrected chi connectivity index (χ4v) is 5.50. The Bertz CT molecular complexity index is 1050. The lowest BCUT2D eigenvalue weighted by molar-refractivity contribution is 0.0505. The van der Waals surface area contributed by atoms with Gasteiger partial charge in [0.05, 0.1) is 12.2 Å². The molecule has 1 unspecified atom stereocenters. The molecular weight excluding hydrogens is 328 g/mol. The van der Waals surface area contributed by atoms with Gasteiger partial charge in [-0.05, 0) is 48.9 Å². The van der Waals surface area contributed by atoms with Gasteiger partial charge in [-0.3, -0.25) is 0 Å². The van der Waals surface area contributed by atoms with E-state index in [1.165, 1.54) is 19.7 Å². The molecule has 4 aromatic rings. The van der Waals surface area contributed by atoms with Crippen LogP contribution in [0.2, 0.25) is 0 Å². The molecular formula is C22H19O2S+. The highest BCUT2D eigenvalue weighted by atomic mass is 32.2. The van der Waals surface area contributed by atoms with Gasteiger partial charge in [0.25, 0.3) is 0 Å². The first-order chi connectivity index (χ1) is 12.3. The van der Waals surface area contributed by atoms with Crippen molar-refractivity contribution < 1.29 is 9.53 Å². The van der Waals surface area contributed by atoms with Crippen molar-refractivity contribution in [2.24, 2.45) is 0 Å². The maximum absolute atomic E-state index is 12.2. The van der Waals surface area contributed by atoms with Crippen LogP contribution in [-0.2, 0) is 4.74 Å². The number of hydrogen-bond acceptors (Lipinski definition) is 2. The van der Waals surface area contributed by atoms with E-state index in [4.69, 9.17) is 4.74 Å². The molecule has 0 amide bonds. The van der Waals surface area contributed by atoms with Gasteiger partial charge in [-0.1, -0.05) is 37.3 Å². The fourth-order valence-electron chi connectivity index (χ4n) is 3.12. The minimum atomic E-state index is -0.242. The van der Waals surface area contributed by atoms with Crippen LogP contribution in [0, 0.1) is 0 Å². The summed E-state index contributed by atoms with van der Waals surface area (Å²) in [5, 5.41) is 2.36. The monoisotopic (exact) mass is 347 g/mol. The number of benzene rings is 3. The molecule has 1 atom stereocenters. The van der Waals surface area contributed by atoms with Crippen LogP contribution < -0.4 is 0 Å². The molecule has 25 heavy (non-hydrogen) atoms. The highest BCUT2D eigenvalue weighted by Gasteiger charge is 2.24. The normalized spacial score (nSPS) is 11.8. The summed E-state index contributed by atoms with van der Waals surface area (Å²) in [5.41, 5.74) is 0.625. The topological polar surface area (TPSA) is 26.3 Å². The van der Waals surface area contributed by atoms with Gasteiger partial charge in [0.15, 0.2) is 14.3 Å². The minimum Gasteiger partial charge on any atom is -0.462 e. The third-order valence-corrected chi connectivity index (χ3v) is 6.58. The number of carbonyl (C=O) groups excluding carboxylic acids is 1. The third-order valence-electron chi connectivity index (χ3n) is 4.25. The van der Waals surface area contributed by atoms with Crippen molar-refractivity contribution in [3.63, 3.8) is 0 Å². The molecule has 124 valence electrons. The van der Waals surface area contributed by atoms with Crippen LogP contribution in [0.15, 0.2) is 72.8 Å². The van der Waals surface area contributed by atoms with Crippen molar-refractivity contribution in [1.82, 2.24) is 0 Å². The Labute approximate surface area is 149 Å². The molecule has 0 aliphatic carbocycles. The Hall–Kier alpha value is -2.65. The van der Waals surface area contributed by atoms with Crippen LogP contribution >= 0.6 is 10.5 Å². The van der Waals surface area contributed by atoms with E-state index >= 15 is 0 Å². The maximum atomic E-state index is 12.2. The lowest BCUT2D eigenvalue weighted by Gasteiger charge is -2.02. The molecule has 0 saturated heterocycles. The number of thiophene rings is 1. The predicted octanol–water partition coefficient (Wildman–Crippen LogP) is 6.30. The van der Waals surface area contributed by atoms with E-state index in [1.807, 2.05) is 25.1 Å². The van der Waals surface area contributed by atoms with Crippen molar-refractivity contribution in [3.05, 3.63) is 78.4 Å². The molecule has 0 bridgehead atoms. The zero-order valence-electron chi connectivity index (χ0n) is 14.1.